The maximum Gasteiger partial charge on any atom is 0.323 e. The van der Waals surface area contributed by atoms with Crippen molar-refractivity contribution in [3.05, 3.63) is 29.3 Å². The SMILES string of the molecule is CCOc1nc(NN)nc(Nc2cc(C)cc(C)c2)n1. The highest BCUT2D eigenvalue weighted by Crippen LogP contribution is 2.19. The van der Waals surface area contributed by atoms with E-state index in [1.54, 1.807) is 0 Å². The topological polar surface area (TPSA) is 98.0 Å². The Balaban J connectivity index is 2.29. The number of rotatable bonds is 5. The third-order valence-electron chi connectivity index (χ3n) is 2.50. The second-order valence-electron chi connectivity index (χ2n) is 4.34. The van der Waals surface area contributed by atoms with Gasteiger partial charge in [0, 0.05) is 5.69 Å². The monoisotopic (exact) mass is 274 g/mol. The maximum absolute atomic E-state index is 5.34. The highest BCUT2D eigenvalue weighted by Gasteiger charge is 2.07. The van der Waals surface area contributed by atoms with Crippen LogP contribution in [0.4, 0.5) is 17.6 Å². The summed E-state index contributed by atoms with van der Waals surface area (Å²) in [5, 5.41) is 3.12. The normalized spacial score (nSPS) is 10.2. The fraction of sp³-hybridized carbons (Fsp3) is 0.308. The third-order valence-corrected chi connectivity index (χ3v) is 2.50. The van der Waals surface area contributed by atoms with Crippen molar-refractivity contribution < 1.29 is 4.74 Å². The van der Waals surface area contributed by atoms with Gasteiger partial charge in [-0.2, -0.15) is 15.0 Å². The van der Waals surface area contributed by atoms with Crippen LogP contribution in [0.3, 0.4) is 0 Å². The smallest absolute Gasteiger partial charge is 0.323 e. The molecule has 7 heteroatoms. The predicted octanol–water partition coefficient (Wildman–Crippen LogP) is 1.92. The van der Waals surface area contributed by atoms with Crippen molar-refractivity contribution in [2.24, 2.45) is 5.84 Å². The molecule has 106 valence electrons. The van der Waals surface area contributed by atoms with E-state index in [1.807, 2.05) is 32.9 Å². The van der Waals surface area contributed by atoms with Crippen molar-refractivity contribution in [1.29, 1.82) is 0 Å². The van der Waals surface area contributed by atoms with Crippen molar-refractivity contribution >= 4 is 17.6 Å². The second-order valence-corrected chi connectivity index (χ2v) is 4.34. The Morgan fingerprint density at radius 1 is 1.05 bits per heavy atom. The average Bonchev–Trinajstić information content (AvgIpc) is 2.37. The van der Waals surface area contributed by atoms with Crippen LogP contribution >= 0.6 is 0 Å². The summed E-state index contributed by atoms with van der Waals surface area (Å²) in [6.07, 6.45) is 0. The van der Waals surface area contributed by atoms with Crippen molar-refractivity contribution in [2.75, 3.05) is 17.3 Å². The molecule has 0 spiro atoms. The zero-order chi connectivity index (χ0) is 14.5. The summed E-state index contributed by atoms with van der Waals surface area (Å²) < 4.78 is 5.28. The van der Waals surface area contributed by atoms with Gasteiger partial charge in [0.1, 0.15) is 0 Å². The lowest BCUT2D eigenvalue weighted by atomic mass is 10.1. The standard InChI is InChI=1S/C13H18N6O/c1-4-20-13-17-11(16-12(18-13)19-14)15-10-6-8(2)5-9(3)7-10/h5-7H,4,14H2,1-3H3,(H2,15,16,17,18,19). The Bertz CT molecular complexity index is 581. The summed E-state index contributed by atoms with van der Waals surface area (Å²) in [5.41, 5.74) is 5.61. The number of nitrogens with two attached hydrogens (primary N) is 1. The number of benzene rings is 1. The van der Waals surface area contributed by atoms with Gasteiger partial charge >= 0.3 is 6.01 Å². The fourth-order valence-corrected chi connectivity index (χ4v) is 1.85. The molecule has 0 saturated carbocycles. The maximum atomic E-state index is 5.34. The first-order valence-electron chi connectivity index (χ1n) is 6.31. The molecule has 0 saturated heterocycles. The minimum Gasteiger partial charge on any atom is -0.464 e. The highest BCUT2D eigenvalue weighted by atomic mass is 16.5. The molecule has 0 fully saturated rings. The number of anilines is 3. The molecule has 0 aliphatic rings. The van der Waals surface area contributed by atoms with Gasteiger partial charge in [0.05, 0.1) is 6.61 Å². The van der Waals surface area contributed by atoms with E-state index >= 15 is 0 Å². The highest BCUT2D eigenvalue weighted by molar-refractivity contribution is 5.56. The molecule has 4 N–H and O–H groups in total. The minimum absolute atomic E-state index is 0.224. The van der Waals surface area contributed by atoms with Gasteiger partial charge in [0.15, 0.2) is 0 Å². The van der Waals surface area contributed by atoms with Crippen LogP contribution in [0.25, 0.3) is 0 Å². The summed E-state index contributed by atoms with van der Waals surface area (Å²) in [7, 11) is 0. The first-order valence-corrected chi connectivity index (χ1v) is 6.31. The molecule has 1 aromatic carbocycles. The summed E-state index contributed by atoms with van der Waals surface area (Å²) in [6, 6.07) is 6.33. The Kier molecular flexibility index (Phi) is 4.31. The van der Waals surface area contributed by atoms with Gasteiger partial charge in [-0.15, -0.1) is 0 Å². The largest absolute Gasteiger partial charge is 0.464 e. The molecule has 1 heterocycles. The van der Waals surface area contributed by atoms with Gasteiger partial charge < -0.3 is 10.1 Å². The first-order chi connectivity index (χ1) is 9.60. The van der Waals surface area contributed by atoms with Gasteiger partial charge in [-0.3, -0.25) is 5.43 Å². The van der Waals surface area contributed by atoms with E-state index in [0.717, 1.165) is 16.8 Å². The molecule has 0 aliphatic carbocycles. The van der Waals surface area contributed by atoms with Crippen LogP contribution in [0, 0.1) is 13.8 Å². The van der Waals surface area contributed by atoms with E-state index in [2.05, 4.69) is 31.8 Å². The number of hydrogen-bond donors (Lipinski definition) is 3. The number of nitrogens with one attached hydrogen (secondary N) is 2. The van der Waals surface area contributed by atoms with Gasteiger partial charge in [0.2, 0.25) is 11.9 Å². The molecule has 0 radical (unpaired) electrons. The second kappa shape index (κ2) is 6.16. The molecule has 0 amide bonds. The van der Waals surface area contributed by atoms with Crippen LogP contribution in [0.5, 0.6) is 6.01 Å². The lowest BCUT2D eigenvalue weighted by Crippen LogP contribution is -2.13. The van der Waals surface area contributed by atoms with Gasteiger partial charge in [-0.05, 0) is 44.0 Å². The summed E-state index contributed by atoms with van der Waals surface area (Å²) in [4.78, 5) is 12.3. The first kappa shape index (κ1) is 14.0. The quantitative estimate of drug-likeness (QED) is 0.566. The zero-order valence-electron chi connectivity index (χ0n) is 11.8. The minimum atomic E-state index is 0.224. The molecule has 2 rings (SSSR count). The summed E-state index contributed by atoms with van der Waals surface area (Å²) in [6.45, 7) is 6.39. The van der Waals surface area contributed by atoms with Crippen LogP contribution in [0.2, 0.25) is 0 Å². The van der Waals surface area contributed by atoms with Crippen molar-refractivity contribution in [2.45, 2.75) is 20.8 Å². The van der Waals surface area contributed by atoms with Crippen LogP contribution < -0.4 is 21.3 Å². The van der Waals surface area contributed by atoms with Crippen molar-refractivity contribution in [3.8, 4) is 6.01 Å². The van der Waals surface area contributed by atoms with E-state index in [1.165, 1.54) is 0 Å². The Morgan fingerprint density at radius 3 is 2.30 bits per heavy atom. The molecule has 7 nitrogen and oxygen atoms in total. The molecule has 0 unspecified atom stereocenters. The molecule has 0 atom stereocenters. The number of ether oxygens (including phenoxy) is 1. The van der Waals surface area contributed by atoms with Crippen LogP contribution in [0.15, 0.2) is 18.2 Å². The fourth-order valence-electron chi connectivity index (χ4n) is 1.85. The average molecular weight is 274 g/mol. The van der Waals surface area contributed by atoms with Crippen molar-refractivity contribution in [1.82, 2.24) is 15.0 Å². The van der Waals surface area contributed by atoms with Gasteiger partial charge in [-0.25, -0.2) is 5.84 Å². The number of nitrogens with zero attached hydrogens (tertiary/aromatic N) is 3. The summed E-state index contributed by atoms with van der Waals surface area (Å²) in [5.74, 6) is 5.96. The van der Waals surface area contributed by atoms with E-state index in [0.29, 0.717) is 12.6 Å². The zero-order valence-corrected chi connectivity index (χ0v) is 11.8. The van der Waals surface area contributed by atoms with Gasteiger partial charge in [0.25, 0.3) is 0 Å². The van der Waals surface area contributed by atoms with Crippen LogP contribution in [0.1, 0.15) is 18.1 Å². The van der Waals surface area contributed by atoms with Crippen LogP contribution in [-0.2, 0) is 0 Å². The third kappa shape index (κ3) is 3.55. The Labute approximate surface area is 117 Å². The molecule has 1 aromatic heterocycles. The predicted molar refractivity (Wildman–Crippen MR) is 78.0 cm³/mol. The molecular formula is C13H18N6O. The van der Waals surface area contributed by atoms with Gasteiger partial charge in [-0.1, -0.05) is 6.07 Å². The lowest BCUT2D eigenvalue weighted by Gasteiger charge is -2.09. The number of aryl methyl sites for hydroxylation is 2. The van der Waals surface area contributed by atoms with E-state index in [-0.39, 0.29) is 12.0 Å². The molecule has 0 bridgehead atoms. The van der Waals surface area contributed by atoms with Crippen molar-refractivity contribution in [3.63, 3.8) is 0 Å². The lowest BCUT2D eigenvalue weighted by molar-refractivity contribution is 0.312. The number of hydrazine groups is 1. The summed E-state index contributed by atoms with van der Waals surface area (Å²) >= 11 is 0. The molecule has 0 aliphatic heterocycles. The Hall–Kier alpha value is -2.41. The number of aromatic nitrogens is 3. The van der Waals surface area contributed by atoms with Crippen LogP contribution in [-0.4, -0.2) is 21.6 Å². The Morgan fingerprint density at radius 2 is 1.70 bits per heavy atom. The molecule has 20 heavy (non-hydrogen) atoms. The molecule has 2 aromatic rings. The number of hydrogen-bond acceptors (Lipinski definition) is 7. The number of nitrogen functional groups attached to an aromatic ring is 1. The van der Waals surface area contributed by atoms with E-state index in [9.17, 15) is 0 Å². The van der Waals surface area contributed by atoms with E-state index in [4.69, 9.17) is 10.6 Å². The molecular weight excluding hydrogens is 256 g/mol. The van der Waals surface area contributed by atoms with E-state index < -0.39 is 0 Å².